The van der Waals surface area contributed by atoms with Crippen molar-refractivity contribution in [3.8, 4) is 5.75 Å². The summed E-state index contributed by atoms with van der Waals surface area (Å²) in [6, 6.07) is 14.1. The maximum Gasteiger partial charge on any atom is 0.167 e. The van der Waals surface area contributed by atoms with E-state index in [4.69, 9.17) is 0 Å². The predicted molar refractivity (Wildman–Crippen MR) is 161 cm³/mol. The summed E-state index contributed by atoms with van der Waals surface area (Å²) >= 11 is 0. The van der Waals surface area contributed by atoms with Crippen LogP contribution in [0.15, 0.2) is 42.5 Å². The summed E-state index contributed by atoms with van der Waals surface area (Å²) in [6.45, 7) is 3.66. The number of carbonyl (C=O) groups excluding carboxylic acids is 3. The Balaban J connectivity index is 0.00000308. The van der Waals surface area contributed by atoms with E-state index in [1.54, 1.807) is 6.07 Å². The quantitative estimate of drug-likeness (QED) is 0.210. The highest BCUT2D eigenvalue weighted by molar-refractivity contribution is 6.02. The van der Waals surface area contributed by atoms with Gasteiger partial charge in [-0.05, 0) is 74.1 Å². The van der Waals surface area contributed by atoms with Crippen LogP contribution in [0.3, 0.4) is 0 Å². The second-order valence-electron chi connectivity index (χ2n) is 11.5. The summed E-state index contributed by atoms with van der Waals surface area (Å²) < 4.78 is 0. The number of rotatable bonds is 13. The number of aliphatic hydroxyl groups is 2. The molecule has 0 saturated carbocycles. The standard InChI is InChI=1S/C32H42N2O6.H2O.2H2/c1-21(37)15-30(39)27(20-36)24(11-14-35)16-23-17-26-28(7-8-29(38)32(26)31(40)18-23)33-25-9-12-34(13-10-25)19-22-5-3-2-4-6-22;;;/h2-8,23-25,27,33,35-36,38H,9-20H2,1H3;1H2;2*1H. The lowest BCUT2D eigenvalue weighted by molar-refractivity contribution is -0.131. The number of likely N-dealkylation sites (tertiary alicyclic amines) is 1. The van der Waals surface area contributed by atoms with Gasteiger partial charge in [-0.25, -0.2) is 0 Å². The van der Waals surface area contributed by atoms with Crippen LogP contribution in [0.4, 0.5) is 5.69 Å². The van der Waals surface area contributed by atoms with Crippen LogP contribution in [0.5, 0.6) is 5.75 Å². The van der Waals surface area contributed by atoms with Crippen molar-refractivity contribution in [1.82, 2.24) is 4.90 Å². The Morgan fingerprint density at radius 1 is 1.07 bits per heavy atom. The largest absolute Gasteiger partial charge is 0.507 e. The van der Waals surface area contributed by atoms with Gasteiger partial charge in [0, 0.05) is 53.2 Å². The Hall–Kier alpha value is -3.11. The fraction of sp³-hybridized carbons (Fsp3) is 0.531. The number of ketones is 3. The monoisotopic (exact) mass is 572 g/mol. The molecule has 0 bridgehead atoms. The van der Waals surface area contributed by atoms with Crippen molar-refractivity contribution in [2.45, 2.75) is 64.5 Å². The van der Waals surface area contributed by atoms with E-state index in [9.17, 15) is 29.7 Å². The zero-order chi connectivity index (χ0) is 28.6. The molecular formula is C32H48N2O7. The number of anilines is 1. The molecule has 2 aliphatic rings. The minimum Gasteiger partial charge on any atom is -0.507 e. The minimum atomic E-state index is -0.754. The maximum absolute atomic E-state index is 13.2. The van der Waals surface area contributed by atoms with E-state index in [-0.39, 0.29) is 68.8 Å². The average Bonchev–Trinajstić information content (AvgIpc) is 2.92. The van der Waals surface area contributed by atoms with Gasteiger partial charge in [0.05, 0.1) is 18.6 Å². The molecule has 2 aromatic rings. The number of hydrogen-bond donors (Lipinski definition) is 4. The van der Waals surface area contributed by atoms with E-state index in [0.29, 0.717) is 24.8 Å². The molecule has 0 aromatic heterocycles. The van der Waals surface area contributed by atoms with Crippen LogP contribution >= 0.6 is 0 Å². The molecule has 9 heteroatoms. The minimum absolute atomic E-state index is 0. The van der Waals surface area contributed by atoms with Crippen molar-refractivity contribution >= 4 is 23.0 Å². The zero-order valence-corrected chi connectivity index (χ0v) is 23.8. The number of Topliss-reactive ketones (excluding diaryl/α,β-unsaturated/α-hetero) is 3. The molecule has 6 N–H and O–H groups in total. The lowest BCUT2D eigenvalue weighted by Crippen LogP contribution is -2.39. The van der Waals surface area contributed by atoms with Crippen molar-refractivity contribution in [1.29, 1.82) is 0 Å². The highest BCUT2D eigenvalue weighted by atomic mass is 16.3. The molecule has 1 heterocycles. The molecule has 0 radical (unpaired) electrons. The number of carbonyl (C=O) groups is 3. The molecule has 1 fully saturated rings. The molecule has 0 spiro atoms. The van der Waals surface area contributed by atoms with E-state index in [1.165, 1.54) is 12.5 Å². The molecule has 1 saturated heterocycles. The topological polar surface area (TPSA) is 159 Å². The summed E-state index contributed by atoms with van der Waals surface area (Å²) in [5.41, 5.74) is 3.33. The highest BCUT2D eigenvalue weighted by Gasteiger charge is 2.35. The second kappa shape index (κ2) is 15.2. The molecule has 41 heavy (non-hydrogen) atoms. The number of fused-ring (bicyclic) bond motifs is 1. The highest BCUT2D eigenvalue weighted by Crippen LogP contribution is 2.40. The smallest absolute Gasteiger partial charge is 0.167 e. The molecule has 1 aliphatic carbocycles. The predicted octanol–water partition coefficient (Wildman–Crippen LogP) is 3.43. The van der Waals surface area contributed by atoms with Gasteiger partial charge in [0.1, 0.15) is 17.3 Å². The fourth-order valence-electron chi connectivity index (χ4n) is 6.45. The summed E-state index contributed by atoms with van der Waals surface area (Å²) in [5.74, 6) is -1.94. The molecule has 0 amide bonds. The van der Waals surface area contributed by atoms with E-state index in [2.05, 4.69) is 34.5 Å². The first kappa shape index (κ1) is 32.4. The van der Waals surface area contributed by atoms with E-state index in [1.807, 2.05) is 12.1 Å². The van der Waals surface area contributed by atoms with Gasteiger partial charge < -0.3 is 26.1 Å². The van der Waals surface area contributed by atoms with Gasteiger partial charge >= 0.3 is 0 Å². The third-order valence-corrected chi connectivity index (χ3v) is 8.47. The van der Waals surface area contributed by atoms with Gasteiger partial charge in [0.25, 0.3) is 0 Å². The summed E-state index contributed by atoms with van der Waals surface area (Å²) in [7, 11) is 0. The van der Waals surface area contributed by atoms with Crippen molar-refractivity contribution in [2.75, 3.05) is 31.6 Å². The first-order chi connectivity index (χ1) is 19.3. The average molecular weight is 573 g/mol. The Kier molecular flexibility index (Phi) is 12.0. The second-order valence-corrected chi connectivity index (χ2v) is 11.5. The number of benzene rings is 2. The molecule has 4 rings (SSSR count). The van der Waals surface area contributed by atoms with Gasteiger partial charge in [-0.2, -0.15) is 0 Å². The van der Waals surface area contributed by atoms with Gasteiger partial charge in [-0.15, -0.1) is 0 Å². The molecule has 228 valence electrons. The summed E-state index contributed by atoms with van der Waals surface area (Å²) in [5, 5.41) is 33.9. The third kappa shape index (κ3) is 8.45. The van der Waals surface area contributed by atoms with Crippen LogP contribution in [0.2, 0.25) is 0 Å². The molecule has 2 aromatic carbocycles. The SMILES string of the molecule is CC(=O)CC(=O)C(CO)C(CCO)CC1CC(=O)c2c(O)ccc(NC3CCN(Cc4ccccc4)CC3)c2C1.O.[HH].[HH]. The fourth-order valence-corrected chi connectivity index (χ4v) is 6.45. The number of hydrogen-bond acceptors (Lipinski definition) is 8. The Morgan fingerprint density at radius 2 is 1.78 bits per heavy atom. The van der Waals surface area contributed by atoms with Crippen LogP contribution < -0.4 is 5.32 Å². The molecule has 3 atom stereocenters. The van der Waals surface area contributed by atoms with E-state index >= 15 is 0 Å². The van der Waals surface area contributed by atoms with Crippen LogP contribution in [-0.2, 0) is 22.6 Å². The number of nitrogens with zero attached hydrogens (tertiary/aromatic N) is 1. The first-order valence-electron chi connectivity index (χ1n) is 14.4. The summed E-state index contributed by atoms with van der Waals surface area (Å²) in [6.07, 6.45) is 3.23. The van der Waals surface area contributed by atoms with Gasteiger partial charge in [-0.1, -0.05) is 30.3 Å². The molecule has 1 aliphatic heterocycles. The zero-order valence-electron chi connectivity index (χ0n) is 23.8. The van der Waals surface area contributed by atoms with Crippen molar-refractivity contribution < 1.29 is 38.0 Å². The van der Waals surface area contributed by atoms with Crippen LogP contribution in [0.25, 0.3) is 0 Å². The number of aliphatic hydroxyl groups excluding tert-OH is 2. The Morgan fingerprint density at radius 3 is 2.41 bits per heavy atom. The Bertz CT molecular complexity index is 1190. The van der Waals surface area contributed by atoms with Crippen LogP contribution in [0, 0.1) is 17.8 Å². The normalized spacial score (nSPS) is 19.1. The summed E-state index contributed by atoms with van der Waals surface area (Å²) in [4.78, 5) is 39.9. The number of nitrogens with one attached hydrogen (secondary N) is 1. The lowest BCUT2D eigenvalue weighted by Gasteiger charge is -2.35. The van der Waals surface area contributed by atoms with Gasteiger partial charge in [0.15, 0.2) is 5.78 Å². The van der Waals surface area contributed by atoms with E-state index in [0.717, 1.165) is 43.7 Å². The number of aromatic hydroxyl groups is 1. The van der Waals surface area contributed by atoms with Gasteiger partial charge in [-0.3, -0.25) is 19.3 Å². The van der Waals surface area contributed by atoms with E-state index < -0.39 is 12.5 Å². The maximum atomic E-state index is 13.2. The van der Waals surface area contributed by atoms with Gasteiger partial charge in [0.2, 0.25) is 0 Å². The van der Waals surface area contributed by atoms with Crippen molar-refractivity contribution in [3.63, 3.8) is 0 Å². The number of phenols is 1. The van der Waals surface area contributed by atoms with Crippen molar-refractivity contribution in [3.05, 3.63) is 59.2 Å². The third-order valence-electron chi connectivity index (χ3n) is 8.47. The molecule has 9 nitrogen and oxygen atoms in total. The van der Waals surface area contributed by atoms with Crippen LogP contribution in [-0.4, -0.2) is 75.4 Å². The number of piperidine rings is 1. The van der Waals surface area contributed by atoms with Crippen molar-refractivity contribution in [2.24, 2.45) is 17.8 Å². The van der Waals surface area contributed by atoms with Crippen LogP contribution in [0.1, 0.15) is 69.8 Å². The molecule has 3 unspecified atom stereocenters. The lowest BCUT2D eigenvalue weighted by atomic mass is 9.73. The molecular weight excluding hydrogens is 524 g/mol. The first-order valence-corrected chi connectivity index (χ1v) is 14.4. The Labute approximate surface area is 244 Å². The number of phenolic OH excluding ortho intramolecular Hbond substituents is 1.